The maximum atomic E-state index is 11.1. The van der Waals surface area contributed by atoms with E-state index in [0.717, 1.165) is 19.3 Å². The molecule has 42 heavy (non-hydrogen) atoms. The Hall–Kier alpha value is -2.52. The third kappa shape index (κ3) is 8.10. The quantitative estimate of drug-likeness (QED) is 0.149. The van der Waals surface area contributed by atoms with Gasteiger partial charge >= 0.3 is 0 Å². The first-order chi connectivity index (χ1) is 20.6. The number of carbonyl (C=O) groups excluding carboxylic acids is 1. The van der Waals surface area contributed by atoms with Gasteiger partial charge in [0.15, 0.2) is 14.7 Å². The Kier molecular flexibility index (Phi) is 11.2. The Morgan fingerprint density at radius 1 is 0.643 bits per heavy atom. The third-order valence-electron chi connectivity index (χ3n) is 9.91. The summed E-state index contributed by atoms with van der Waals surface area (Å²) in [6.45, 7) is 2.29. The van der Waals surface area contributed by atoms with Gasteiger partial charge in [-0.1, -0.05) is 100 Å². The van der Waals surface area contributed by atoms with Gasteiger partial charge in [0.1, 0.15) is 0 Å². The van der Waals surface area contributed by atoms with Gasteiger partial charge in [-0.3, -0.25) is 0 Å². The van der Waals surface area contributed by atoms with Crippen LogP contribution >= 0.6 is 0 Å². The van der Waals surface area contributed by atoms with E-state index < -0.39 is 11.4 Å². The normalized spacial score (nSPS) is 23.9. The Balaban J connectivity index is 0.000000222. The van der Waals surface area contributed by atoms with Crippen LogP contribution in [-0.2, 0) is 22.1 Å². The lowest BCUT2D eigenvalue weighted by Gasteiger charge is -2.57. The third-order valence-corrected chi connectivity index (χ3v) is 12.1. The van der Waals surface area contributed by atoms with E-state index in [0.29, 0.717) is 17.8 Å². The number of carboxylic acids is 1. The zero-order valence-corrected chi connectivity index (χ0v) is 26.5. The van der Waals surface area contributed by atoms with Gasteiger partial charge in [0.2, 0.25) is 0 Å². The zero-order chi connectivity index (χ0) is 29.2. The monoisotopic (exact) mass is 582 g/mol. The molecule has 0 amide bonds. The molecule has 3 aromatic rings. The molecule has 3 heteroatoms. The van der Waals surface area contributed by atoms with E-state index in [4.69, 9.17) is 0 Å². The minimum absolute atomic E-state index is 0.0360. The molecule has 4 bridgehead atoms. The second kappa shape index (κ2) is 15.3. The van der Waals surface area contributed by atoms with E-state index in [1.54, 1.807) is 0 Å². The molecule has 0 unspecified atom stereocenters. The van der Waals surface area contributed by atoms with Crippen LogP contribution in [0.3, 0.4) is 0 Å². The van der Waals surface area contributed by atoms with Gasteiger partial charge in [-0.2, -0.15) is 0 Å². The molecule has 0 N–H and O–H groups in total. The summed E-state index contributed by atoms with van der Waals surface area (Å²) < 4.78 is 0. The molecule has 0 saturated heterocycles. The number of aliphatic carboxylic acids is 1. The predicted octanol–water partition coefficient (Wildman–Crippen LogP) is 9.42. The lowest BCUT2D eigenvalue weighted by atomic mass is 9.49. The van der Waals surface area contributed by atoms with Crippen molar-refractivity contribution in [3.05, 3.63) is 90.5 Å². The van der Waals surface area contributed by atoms with Crippen LogP contribution in [0, 0.1) is 23.2 Å². The highest BCUT2D eigenvalue weighted by Gasteiger charge is 2.51. The minimum Gasteiger partial charge on any atom is -0.550 e. The van der Waals surface area contributed by atoms with Crippen LogP contribution in [0.2, 0.25) is 0 Å². The molecule has 0 heterocycles. The second-order valence-electron chi connectivity index (χ2n) is 13.3. The fourth-order valence-electron chi connectivity index (χ4n) is 8.14. The fourth-order valence-corrected chi connectivity index (χ4v) is 10.2. The predicted molar refractivity (Wildman–Crippen MR) is 173 cm³/mol. The number of rotatable bonds is 13. The van der Waals surface area contributed by atoms with Gasteiger partial charge in [-0.25, -0.2) is 0 Å². The van der Waals surface area contributed by atoms with Gasteiger partial charge < -0.3 is 9.90 Å². The number of unbranched alkanes of at least 4 members (excludes halogenated alkanes) is 7. The highest BCUT2D eigenvalue weighted by Crippen LogP contribution is 2.59. The Morgan fingerprint density at radius 2 is 1.07 bits per heavy atom. The van der Waals surface area contributed by atoms with Crippen molar-refractivity contribution in [1.82, 2.24) is 0 Å². The van der Waals surface area contributed by atoms with Gasteiger partial charge in [-0.05, 0) is 111 Å². The highest BCUT2D eigenvalue weighted by atomic mass is 32.2. The maximum Gasteiger partial charge on any atom is 0.166 e. The van der Waals surface area contributed by atoms with E-state index in [1.807, 2.05) is 0 Å². The summed E-state index contributed by atoms with van der Waals surface area (Å²) >= 11 is 0. The van der Waals surface area contributed by atoms with Crippen molar-refractivity contribution >= 4 is 16.9 Å². The molecule has 4 aliphatic rings. The number of carbonyl (C=O) groups is 1. The van der Waals surface area contributed by atoms with Gasteiger partial charge in [0.05, 0.1) is 10.9 Å². The zero-order valence-electron chi connectivity index (χ0n) is 25.6. The van der Waals surface area contributed by atoms with Crippen LogP contribution < -0.4 is 5.11 Å². The van der Waals surface area contributed by atoms with Crippen molar-refractivity contribution in [3.8, 4) is 0 Å². The lowest BCUT2D eigenvalue weighted by molar-refractivity contribution is -0.327. The highest BCUT2D eigenvalue weighted by molar-refractivity contribution is 7.97. The van der Waals surface area contributed by atoms with Crippen LogP contribution in [0.5, 0.6) is 0 Å². The van der Waals surface area contributed by atoms with Crippen molar-refractivity contribution in [2.45, 2.75) is 118 Å². The Labute approximate surface area is 257 Å². The van der Waals surface area contributed by atoms with Crippen molar-refractivity contribution in [2.75, 3.05) is 0 Å². The van der Waals surface area contributed by atoms with Gasteiger partial charge in [-0.15, -0.1) is 0 Å². The standard InChI is InChI=1S/C28H35S.C11H16O2/c1-2-3-4-5-6-7-8-11-16-25-21-23-28(24-22-25)29(26-17-12-9-13-18-26)27-19-14-10-15-20-27;12-10(13)11-4-7-1-8(5-11)3-9(2-7)6-11/h9-10,12-15,17-24H,2-8,11,16H2,1H3;7-9H,1-6H2,(H,12,13)/q+1;/p-1. The van der Waals surface area contributed by atoms with Crippen LogP contribution in [0.4, 0.5) is 0 Å². The molecule has 2 nitrogen and oxygen atoms in total. The summed E-state index contributed by atoms with van der Waals surface area (Å²) in [7, 11) is -0.0360. The second-order valence-corrected chi connectivity index (χ2v) is 15.3. The summed E-state index contributed by atoms with van der Waals surface area (Å²) in [6, 6.07) is 31.2. The lowest BCUT2D eigenvalue weighted by Crippen LogP contribution is -2.54. The first-order valence-corrected chi connectivity index (χ1v) is 17.9. The molecule has 4 fully saturated rings. The topological polar surface area (TPSA) is 40.1 Å². The molecule has 4 aliphatic carbocycles. The maximum absolute atomic E-state index is 11.1. The van der Waals surface area contributed by atoms with Crippen LogP contribution in [0.25, 0.3) is 0 Å². The smallest absolute Gasteiger partial charge is 0.166 e. The van der Waals surface area contributed by atoms with Gasteiger partial charge in [0, 0.05) is 11.4 Å². The molecule has 224 valence electrons. The molecular weight excluding hydrogens is 532 g/mol. The molecule has 4 saturated carbocycles. The van der Waals surface area contributed by atoms with Gasteiger partial charge in [0.25, 0.3) is 0 Å². The van der Waals surface area contributed by atoms with E-state index in [1.165, 1.54) is 97.3 Å². The molecule has 0 spiro atoms. The first-order valence-electron chi connectivity index (χ1n) is 16.7. The number of hydrogen-bond donors (Lipinski definition) is 0. The summed E-state index contributed by atoms with van der Waals surface area (Å²) in [5.41, 5.74) is 1.08. The molecule has 3 aromatic carbocycles. The number of aryl methyl sites for hydroxylation is 1. The van der Waals surface area contributed by atoms with Crippen LogP contribution in [-0.4, -0.2) is 5.97 Å². The van der Waals surface area contributed by atoms with E-state index in [9.17, 15) is 9.90 Å². The largest absolute Gasteiger partial charge is 0.550 e. The van der Waals surface area contributed by atoms with Crippen molar-refractivity contribution in [1.29, 1.82) is 0 Å². The Morgan fingerprint density at radius 3 is 1.52 bits per heavy atom. The fraction of sp³-hybridized carbons (Fsp3) is 0.513. The van der Waals surface area contributed by atoms with E-state index >= 15 is 0 Å². The average Bonchev–Trinajstić information content (AvgIpc) is 3.00. The van der Waals surface area contributed by atoms with E-state index in [2.05, 4.69) is 91.9 Å². The number of hydrogen-bond acceptors (Lipinski definition) is 2. The summed E-state index contributed by atoms with van der Waals surface area (Å²) in [4.78, 5) is 15.3. The Bertz CT molecular complexity index is 1150. The molecular formula is C39H50O2S. The SMILES string of the molecule is CCCCCCCCCCc1ccc([S+](c2ccccc2)c2ccccc2)cc1.O=C([O-])C12CC3CC(CC(C3)C1)C2. The average molecular weight is 583 g/mol. The summed E-state index contributed by atoms with van der Waals surface area (Å²) in [5.74, 6) is 1.38. The van der Waals surface area contributed by atoms with Crippen molar-refractivity contribution in [2.24, 2.45) is 23.2 Å². The summed E-state index contributed by atoms with van der Waals surface area (Å²) in [6.07, 6.45) is 18.9. The molecule has 0 radical (unpaired) electrons. The number of carboxylic acid groups (broad SMARTS) is 1. The van der Waals surface area contributed by atoms with Crippen LogP contribution in [0.1, 0.15) is 102 Å². The molecule has 0 atom stereocenters. The van der Waals surface area contributed by atoms with Crippen LogP contribution in [0.15, 0.2) is 99.6 Å². The number of benzene rings is 3. The molecule has 7 rings (SSSR count). The van der Waals surface area contributed by atoms with E-state index in [-0.39, 0.29) is 10.9 Å². The minimum atomic E-state index is -0.758. The van der Waals surface area contributed by atoms with Crippen molar-refractivity contribution < 1.29 is 9.90 Å². The first kappa shape index (κ1) is 30.9. The van der Waals surface area contributed by atoms with Crippen molar-refractivity contribution in [3.63, 3.8) is 0 Å². The molecule has 0 aromatic heterocycles. The molecule has 0 aliphatic heterocycles. The summed E-state index contributed by atoms with van der Waals surface area (Å²) in [5, 5.41) is 11.1.